The first-order valence-electron chi connectivity index (χ1n) is 22.1. The van der Waals surface area contributed by atoms with E-state index in [0.29, 0.717) is 63.3 Å². The van der Waals surface area contributed by atoms with Gasteiger partial charge in [-0.3, -0.25) is 19.3 Å². The van der Waals surface area contributed by atoms with E-state index in [-0.39, 0.29) is 30.4 Å². The first kappa shape index (κ1) is 45.3. The maximum Gasteiger partial charge on any atom is 0.415 e. The lowest BCUT2D eigenvalue weighted by Gasteiger charge is -2.34. The third-order valence-electron chi connectivity index (χ3n) is 11.3. The van der Waals surface area contributed by atoms with Gasteiger partial charge in [-0.05, 0) is 121 Å². The number of nitrogens with one attached hydrogen (secondary N) is 1. The van der Waals surface area contributed by atoms with Gasteiger partial charge in [0, 0.05) is 62.4 Å². The van der Waals surface area contributed by atoms with Crippen LogP contribution >= 0.6 is 0 Å². The molecular weight excluding hydrogens is 777 g/mol. The van der Waals surface area contributed by atoms with Gasteiger partial charge in [-0.1, -0.05) is 92.8 Å². The number of allylic oxidation sites excluding steroid dienone is 10. The van der Waals surface area contributed by atoms with Crippen LogP contribution in [0.3, 0.4) is 0 Å². The Hall–Kier alpha value is -6.26. The van der Waals surface area contributed by atoms with Crippen LogP contribution in [0.5, 0.6) is 5.75 Å². The van der Waals surface area contributed by atoms with E-state index in [4.69, 9.17) is 4.74 Å². The normalized spacial score (nSPS) is 14.3. The van der Waals surface area contributed by atoms with Crippen molar-refractivity contribution in [3.63, 3.8) is 0 Å². The summed E-state index contributed by atoms with van der Waals surface area (Å²) in [5, 5.41) is 14.1. The number of carbonyl (C=O) groups excluding carboxylic acids is 2. The summed E-state index contributed by atoms with van der Waals surface area (Å²) in [6, 6.07) is 19.7. The van der Waals surface area contributed by atoms with Gasteiger partial charge in [0.1, 0.15) is 5.75 Å². The molecular formula is C52H60N4O6. The molecule has 62 heavy (non-hydrogen) atoms. The van der Waals surface area contributed by atoms with Gasteiger partial charge in [0.15, 0.2) is 0 Å². The van der Waals surface area contributed by atoms with Crippen LogP contribution in [0, 0.1) is 0 Å². The van der Waals surface area contributed by atoms with Gasteiger partial charge in [0.25, 0.3) is 5.56 Å². The number of hydrogen-bond acceptors (Lipinski definition) is 6. The molecule has 2 aliphatic heterocycles. The van der Waals surface area contributed by atoms with E-state index in [1.54, 1.807) is 15.5 Å². The average molecular weight is 837 g/mol. The van der Waals surface area contributed by atoms with Crippen LogP contribution in [0.2, 0.25) is 0 Å². The van der Waals surface area contributed by atoms with Gasteiger partial charge in [-0.25, -0.2) is 4.79 Å². The number of nitrogens with zero attached hydrogens (tertiary/aromatic N) is 3. The smallest absolute Gasteiger partial charge is 0.415 e. The van der Waals surface area contributed by atoms with E-state index in [2.05, 4.69) is 84.0 Å². The van der Waals surface area contributed by atoms with Crippen molar-refractivity contribution in [2.75, 3.05) is 31.5 Å². The summed E-state index contributed by atoms with van der Waals surface area (Å²) in [6.45, 7) is 7.80. The summed E-state index contributed by atoms with van der Waals surface area (Å²) in [5.41, 5.74) is 6.09. The number of fused-ring (bicyclic) bond motifs is 4. The van der Waals surface area contributed by atoms with Gasteiger partial charge < -0.3 is 24.6 Å². The van der Waals surface area contributed by atoms with E-state index < -0.39 is 5.97 Å². The molecule has 1 aromatic heterocycles. The third-order valence-corrected chi connectivity index (χ3v) is 11.3. The summed E-state index contributed by atoms with van der Waals surface area (Å²) >= 11 is 0. The zero-order valence-corrected chi connectivity index (χ0v) is 36.2. The van der Waals surface area contributed by atoms with Gasteiger partial charge in [0.2, 0.25) is 5.91 Å². The summed E-state index contributed by atoms with van der Waals surface area (Å²) in [5.74, 6) is -0.464. The number of piperazine rings is 1. The second-order valence-electron chi connectivity index (χ2n) is 15.8. The van der Waals surface area contributed by atoms with Crippen LogP contribution in [0.15, 0.2) is 126 Å². The molecule has 3 aromatic carbocycles. The fourth-order valence-electron chi connectivity index (χ4n) is 7.87. The maximum absolute atomic E-state index is 13.5. The van der Waals surface area contributed by atoms with Crippen molar-refractivity contribution in [2.45, 2.75) is 91.1 Å². The Kier molecular flexibility index (Phi) is 16.9. The number of hydrogen-bond donors (Lipinski definition) is 2. The number of carboxylic acid groups (broad SMARTS) is 1. The molecule has 0 aliphatic carbocycles. The van der Waals surface area contributed by atoms with Crippen LogP contribution in [-0.4, -0.2) is 63.6 Å². The van der Waals surface area contributed by atoms with Gasteiger partial charge in [-0.15, -0.1) is 0 Å². The molecule has 2 aliphatic rings. The second-order valence-corrected chi connectivity index (χ2v) is 15.8. The lowest BCUT2D eigenvalue weighted by molar-refractivity contribution is -0.137. The Morgan fingerprint density at radius 2 is 1.40 bits per heavy atom. The SMILES string of the molecule is CC/C=C\C/C=C\C/C=C\C/C=C\C/C=C\CCC(=O)Nc1ccc(CN2CCN(C(=O)Oc3ccc4cc5c(cc4c3)Cn3c-5cc(CC)c(CCC(=O)O)c3=O)CC2)cc1. The van der Waals surface area contributed by atoms with Crippen LogP contribution in [0.4, 0.5) is 10.5 Å². The molecule has 0 atom stereocenters. The van der Waals surface area contributed by atoms with Crippen molar-refractivity contribution in [3.8, 4) is 17.0 Å². The van der Waals surface area contributed by atoms with E-state index in [0.717, 1.165) is 83.1 Å². The molecule has 0 unspecified atom stereocenters. The van der Waals surface area contributed by atoms with E-state index in [1.165, 1.54) is 0 Å². The number of aliphatic carboxylic acids is 1. The number of amides is 2. The van der Waals surface area contributed by atoms with Gasteiger partial charge in [-0.2, -0.15) is 0 Å². The minimum absolute atomic E-state index is 0.00544. The Balaban J connectivity index is 0.892. The summed E-state index contributed by atoms with van der Waals surface area (Å²) in [4.78, 5) is 54.5. The van der Waals surface area contributed by atoms with Gasteiger partial charge in [0.05, 0.1) is 12.2 Å². The van der Waals surface area contributed by atoms with Crippen molar-refractivity contribution in [3.05, 3.63) is 154 Å². The number of rotatable bonds is 20. The number of aryl methyl sites for hydroxylation is 1. The highest BCUT2D eigenvalue weighted by Gasteiger charge is 2.25. The number of aromatic nitrogens is 1. The monoisotopic (exact) mass is 836 g/mol. The molecule has 2 amide bonds. The van der Waals surface area contributed by atoms with E-state index in [9.17, 15) is 24.3 Å². The molecule has 0 bridgehead atoms. The van der Waals surface area contributed by atoms with Crippen LogP contribution < -0.4 is 15.6 Å². The summed E-state index contributed by atoms with van der Waals surface area (Å²) < 4.78 is 7.59. The molecule has 6 rings (SSSR count). The minimum Gasteiger partial charge on any atom is -0.481 e. The van der Waals surface area contributed by atoms with Crippen molar-refractivity contribution in [1.29, 1.82) is 0 Å². The molecule has 3 heterocycles. The minimum atomic E-state index is -0.920. The zero-order chi connectivity index (χ0) is 43.7. The predicted molar refractivity (Wildman–Crippen MR) is 250 cm³/mol. The quantitative estimate of drug-likeness (QED) is 0.0749. The molecule has 1 saturated heterocycles. The molecule has 10 nitrogen and oxygen atoms in total. The van der Waals surface area contributed by atoms with Crippen molar-refractivity contribution in [2.24, 2.45) is 0 Å². The average Bonchev–Trinajstić information content (AvgIpc) is 3.63. The molecule has 1 fully saturated rings. The largest absolute Gasteiger partial charge is 0.481 e. The molecule has 10 heteroatoms. The van der Waals surface area contributed by atoms with Crippen molar-refractivity contribution >= 4 is 34.4 Å². The van der Waals surface area contributed by atoms with Crippen molar-refractivity contribution in [1.82, 2.24) is 14.4 Å². The predicted octanol–water partition coefficient (Wildman–Crippen LogP) is 10.4. The lowest BCUT2D eigenvalue weighted by atomic mass is 9.98. The lowest BCUT2D eigenvalue weighted by Crippen LogP contribution is -2.49. The molecule has 0 saturated carbocycles. The van der Waals surface area contributed by atoms with E-state index >= 15 is 0 Å². The maximum atomic E-state index is 13.5. The zero-order valence-electron chi connectivity index (χ0n) is 36.2. The standard InChI is InChI=1S/C52H60N4O6/c1-3-5-6-7-8-9-10-11-12-13-14-15-16-17-18-19-20-49(57)53-44-24-21-39(22-25-44)37-54-29-31-55(32-30-54)52(61)62-45-26-23-41-35-47-43(33-42(41)34-45)38-56-48(47)36-40(4-2)46(51(56)60)27-28-50(58)59/h5-6,8-9,11-12,14-15,17-18,21-26,33-36H,3-4,7,10,13,16,19-20,27-32,37-38H2,1-2H3,(H,53,57)(H,58,59)/b6-5-,9-8-,12-11-,15-14-,18-17-. The molecule has 324 valence electrons. The molecule has 0 radical (unpaired) electrons. The topological polar surface area (TPSA) is 121 Å². The van der Waals surface area contributed by atoms with Crippen LogP contribution in [0.25, 0.3) is 22.0 Å². The first-order valence-corrected chi connectivity index (χ1v) is 22.1. The van der Waals surface area contributed by atoms with Gasteiger partial charge >= 0.3 is 12.1 Å². The Bertz CT molecular complexity index is 2400. The fraction of sp³-hybridized carbons (Fsp3) is 0.346. The van der Waals surface area contributed by atoms with Crippen LogP contribution in [-0.2, 0) is 35.5 Å². The number of ether oxygens (including phenoxy) is 1. The number of carbonyl (C=O) groups is 3. The second kappa shape index (κ2) is 23.1. The van der Waals surface area contributed by atoms with Crippen molar-refractivity contribution < 1.29 is 24.2 Å². The van der Waals surface area contributed by atoms with Crippen LogP contribution in [0.1, 0.15) is 87.5 Å². The number of carboxylic acids is 1. The summed E-state index contributed by atoms with van der Waals surface area (Å²) in [6.07, 6.45) is 28.0. The highest BCUT2D eigenvalue weighted by molar-refractivity contribution is 5.92. The van der Waals surface area contributed by atoms with E-state index in [1.807, 2.05) is 55.5 Å². The first-order chi connectivity index (χ1) is 30.2. The fourth-order valence-corrected chi connectivity index (χ4v) is 7.87. The molecule has 2 N–H and O–H groups in total. The number of pyridine rings is 1. The Morgan fingerprint density at radius 3 is 2.05 bits per heavy atom. The highest BCUT2D eigenvalue weighted by Crippen LogP contribution is 2.36. The number of benzene rings is 3. The third kappa shape index (κ3) is 12.9. The Labute approximate surface area is 365 Å². The molecule has 0 spiro atoms. The highest BCUT2D eigenvalue weighted by atomic mass is 16.6. The Morgan fingerprint density at radius 1 is 0.742 bits per heavy atom. The summed E-state index contributed by atoms with van der Waals surface area (Å²) in [7, 11) is 0. The molecule has 4 aromatic rings. The number of anilines is 1.